The van der Waals surface area contributed by atoms with Gasteiger partial charge in [0.1, 0.15) is 6.04 Å². The topological polar surface area (TPSA) is 143 Å². The van der Waals surface area contributed by atoms with Crippen molar-refractivity contribution in [2.45, 2.75) is 82.5 Å². The minimum Gasteiger partial charge on any atom is -0.379 e. The Morgan fingerprint density at radius 1 is 1.20 bits per heavy atom. The molecule has 198 valence electrons. The molecule has 0 aromatic rings. The molecule has 0 saturated carbocycles. The van der Waals surface area contributed by atoms with Gasteiger partial charge in [0.2, 0.25) is 29.5 Å². The molecule has 35 heavy (non-hydrogen) atoms. The number of imide groups is 1. The number of thiol groups is 1. The molecule has 11 nitrogen and oxygen atoms in total. The van der Waals surface area contributed by atoms with E-state index in [4.69, 9.17) is 9.47 Å². The van der Waals surface area contributed by atoms with Gasteiger partial charge in [-0.3, -0.25) is 28.9 Å². The van der Waals surface area contributed by atoms with Crippen LogP contribution >= 0.6 is 12.6 Å². The number of carbonyl (C=O) groups excluding carboxylic acids is 5. The van der Waals surface area contributed by atoms with Gasteiger partial charge >= 0.3 is 0 Å². The van der Waals surface area contributed by atoms with Crippen LogP contribution < -0.4 is 16.0 Å². The Balaban J connectivity index is 1.68. The highest BCUT2D eigenvalue weighted by Gasteiger charge is 2.36. The van der Waals surface area contributed by atoms with Crippen molar-refractivity contribution < 1.29 is 33.4 Å². The molecule has 2 aliphatic rings. The fourth-order valence-electron chi connectivity index (χ4n) is 4.19. The summed E-state index contributed by atoms with van der Waals surface area (Å²) in [7, 11) is 1.67. The maximum Gasteiger partial charge on any atom is 0.243 e. The van der Waals surface area contributed by atoms with E-state index in [2.05, 4.69) is 28.6 Å². The zero-order valence-corrected chi connectivity index (χ0v) is 21.8. The zero-order chi connectivity index (χ0) is 26.1. The molecule has 2 saturated heterocycles. The van der Waals surface area contributed by atoms with E-state index in [0.717, 1.165) is 24.2 Å². The highest BCUT2D eigenvalue weighted by atomic mass is 32.1. The number of likely N-dealkylation sites (tertiary alicyclic amines) is 1. The van der Waals surface area contributed by atoms with Crippen LogP contribution in [0.25, 0.3) is 0 Å². The van der Waals surface area contributed by atoms with E-state index in [1.54, 1.807) is 21.0 Å². The summed E-state index contributed by atoms with van der Waals surface area (Å²) >= 11 is 4.05. The highest BCUT2D eigenvalue weighted by molar-refractivity contribution is 7.81. The van der Waals surface area contributed by atoms with Crippen molar-refractivity contribution in [3.63, 3.8) is 0 Å². The third-order valence-electron chi connectivity index (χ3n) is 6.15. The van der Waals surface area contributed by atoms with Gasteiger partial charge in [-0.2, -0.15) is 12.6 Å². The van der Waals surface area contributed by atoms with Crippen molar-refractivity contribution in [3.8, 4) is 0 Å². The lowest BCUT2D eigenvalue weighted by Crippen LogP contribution is -2.52. The summed E-state index contributed by atoms with van der Waals surface area (Å²) in [6.45, 7) is 5.72. The number of hydrogen-bond acceptors (Lipinski definition) is 8. The minimum absolute atomic E-state index is 0.0167. The summed E-state index contributed by atoms with van der Waals surface area (Å²) in [6.07, 6.45) is 2.49. The molecular formula is C23H38N4O7S. The van der Waals surface area contributed by atoms with Gasteiger partial charge in [-0.1, -0.05) is 13.8 Å². The third kappa shape index (κ3) is 8.76. The van der Waals surface area contributed by atoms with E-state index in [-0.39, 0.29) is 62.0 Å². The summed E-state index contributed by atoms with van der Waals surface area (Å²) in [6, 6.07) is -0.856. The van der Waals surface area contributed by atoms with Gasteiger partial charge in [0, 0.05) is 39.5 Å². The lowest BCUT2D eigenvalue weighted by molar-refractivity contribution is -0.139. The lowest BCUT2D eigenvalue weighted by atomic mass is 10.0. The maximum atomic E-state index is 12.6. The van der Waals surface area contributed by atoms with Gasteiger partial charge in [0.05, 0.1) is 30.1 Å². The van der Waals surface area contributed by atoms with Crippen LogP contribution in [-0.4, -0.2) is 90.8 Å². The first kappa shape index (κ1) is 29.1. The number of hydrogen-bond donors (Lipinski definition) is 4. The Labute approximate surface area is 211 Å². The number of carbonyl (C=O) groups is 5. The maximum absolute atomic E-state index is 12.6. The molecule has 0 aliphatic carbocycles. The van der Waals surface area contributed by atoms with Gasteiger partial charge in [-0.15, -0.1) is 0 Å². The van der Waals surface area contributed by atoms with Gasteiger partial charge in [-0.25, -0.2) is 0 Å². The van der Waals surface area contributed by atoms with Crippen molar-refractivity contribution in [2.24, 2.45) is 5.92 Å². The van der Waals surface area contributed by atoms with Crippen molar-refractivity contribution in [2.75, 3.05) is 26.7 Å². The third-order valence-corrected chi connectivity index (χ3v) is 6.55. The number of methoxy groups -OCH3 is 1. The number of nitrogens with one attached hydrogen (secondary N) is 3. The molecule has 2 aliphatic heterocycles. The molecule has 0 spiro atoms. The van der Waals surface area contributed by atoms with Crippen LogP contribution in [0.4, 0.5) is 0 Å². The summed E-state index contributed by atoms with van der Waals surface area (Å²) in [5.74, 6) is -2.30. The number of amides is 5. The summed E-state index contributed by atoms with van der Waals surface area (Å²) in [5, 5.41) is 7.27. The average Bonchev–Trinajstić information content (AvgIpc) is 3.28. The predicted molar refractivity (Wildman–Crippen MR) is 130 cm³/mol. The van der Waals surface area contributed by atoms with Gasteiger partial charge < -0.3 is 25.4 Å². The molecule has 2 heterocycles. The molecule has 3 N–H and O–H groups in total. The summed E-state index contributed by atoms with van der Waals surface area (Å²) in [5.41, 5.74) is 0. The van der Waals surface area contributed by atoms with Crippen LogP contribution in [0.1, 0.15) is 52.9 Å². The number of rotatable bonds is 13. The van der Waals surface area contributed by atoms with Crippen molar-refractivity contribution in [3.05, 3.63) is 0 Å². The standard InChI is InChI=1S/C23H38N4O7S/c1-13(2)21(26-18(28)7-9-27-20(30)11-17(35)23(27)32)22(31)25-12-19(29)24-8-5-6-15-16(33-4)10-14(3)34-15/h13-17,21,35H,5-12H2,1-4H3,(H,24,29)(H,25,31)(H,26,28). The Morgan fingerprint density at radius 3 is 2.51 bits per heavy atom. The van der Waals surface area contributed by atoms with Gasteiger partial charge in [-0.05, 0) is 25.7 Å². The van der Waals surface area contributed by atoms with E-state index in [1.165, 1.54) is 0 Å². The van der Waals surface area contributed by atoms with E-state index in [0.29, 0.717) is 6.54 Å². The Morgan fingerprint density at radius 2 is 1.91 bits per heavy atom. The zero-order valence-electron chi connectivity index (χ0n) is 20.9. The van der Waals surface area contributed by atoms with Gasteiger partial charge in [0.25, 0.3) is 0 Å². The molecule has 5 amide bonds. The quantitative estimate of drug-likeness (QED) is 0.151. The summed E-state index contributed by atoms with van der Waals surface area (Å²) in [4.78, 5) is 61.8. The van der Waals surface area contributed by atoms with Crippen LogP contribution in [0.15, 0.2) is 0 Å². The molecule has 5 atom stereocenters. The fraction of sp³-hybridized carbons (Fsp3) is 0.783. The monoisotopic (exact) mass is 514 g/mol. The fourth-order valence-corrected chi connectivity index (χ4v) is 4.48. The van der Waals surface area contributed by atoms with Crippen LogP contribution in [-0.2, 0) is 33.4 Å². The van der Waals surface area contributed by atoms with E-state index >= 15 is 0 Å². The highest BCUT2D eigenvalue weighted by Crippen LogP contribution is 2.25. The molecule has 0 aromatic heterocycles. The molecule has 2 rings (SSSR count). The Bertz CT molecular complexity index is 794. The normalized spacial score (nSPS) is 25.1. The second-order valence-electron chi connectivity index (χ2n) is 9.35. The molecule has 0 radical (unpaired) electrons. The molecule has 12 heteroatoms. The lowest BCUT2D eigenvalue weighted by Gasteiger charge is -2.22. The number of ether oxygens (including phenoxy) is 2. The smallest absolute Gasteiger partial charge is 0.243 e. The first-order valence-corrected chi connectivity index (χ1v) is 12.6. The average molecular weight is 515 g/mol. The molecular weight excluding hydrogens is 476 g/mol. The minimum atomic E-state index is -0.856. The van der Waals surface area contributed by atoms with Crippen molar-refractivity contribution in [1.29, 1.82) is 0 Å². The van der Waals surface area contributed by atoms with Gasteiger partial charge in [0.15, 0.2) is 0 Å². The largest absolute Gasteiger partial charge is 0.379 e. The van der Waals surface area contributed by atoms with Crippen LogP contribution in [0.5, 0.6) is 0 Å². The molecule has 0 aromatic carbocycles. The molecule has 5 unspecified atom stereocenters. The second kappa shape index (κ2) is 13.8. The summed E-state index contributed by atoms with van der Waals surface area (Å²) < 4.78 is 11.3. The Kier molecular flexibility index (Phi) is 11.4. The van der Waals surface area contributed by atoms with Crippen molar-refractivity contribution in [1.82, 2.24) is 20.9 Å². The van der Waals surface area contributed by atoms with Crippen LogP contribution in [0, 0.1) is 5.92 Å². The Hall–Kier alpha value is -2.18. The predicted octanol–water partition coefficient (Wildman–Crippen LogP) is -0.220. The van der Waals surface area contributed by atoms with Crippen molar-refractivity contribution >= 4 is 42.2 Å². The van der Waals surface area contributed by atoms with E-state index in [9.17, 15) is 24.0 Å². The first-order chi connectivity index (χ1) is 16.5. The SMILES string of the molecule is COC1CC(C)OC1CCCNC(=O)CNC(=O)C(NC(=O)CCN1C(=O)CC(S)C1=O)C(C)C. The molecule has 0 bridgehead atoms. The first-order valence-electron chi connectivity index (χ1n) is 12.1. The number of nitrogens with zero attached hydrogens (tertiary/aromatic N) is 1. The van der Waals surface area contributed by atoms with E-state index < -0.39 is 29.0 Å². The van der Waals surface area contributed by atoms with E-state index in [1.807, 2.05) is 6.92 Å². The van der Waals surface area contributed by atoms with Crippen LogP contribution in [0.3, 0.4) is 0 Å². The second-order valence-corrected chi connectivity index (χ2v) is 9.97. The molecule has 2 fully saturated rings. The van der Waals surface area contributed by atoms with Crippen LogP contribution in [0.2, 0.25) is 0 Å².